The number of carboxylic acid groups (broad SMARTS) is 1. The summed E-state index contributed by atoms with van der Waals surface area (Å²) in [6.07, 6.45) is 2.50. The van der Waals surface area contributed by atoms with Gasteiger partial charge in [0, 0.05) is 40.9 Å². The van der Waals surface area contributed by atoms with E-state index in [0.717, 1.165) is 9.75 Å². The number of rotatable bonds is 12. The highest BCUT2D eigenvalue weighted by atomic mass is 35.5. The first-order valence-corrected chi connectivity index (χ1v) is 15.3. The van der Waals surface area contributed by atoms with Gasteiger partial charge in [0.1, 0.15) is 6.04 Å². The van der Waals surface area contributed by atoms with E-state index >= 15 is 0 Å². The lowest BCUT2D eigenvalue weighted by Crippen LogP contribution is -2.48. The zero-order valence-electron chi connectivity index (χ0n) is 20.1. The fraction of sp³-hybridized carbons (Fsp3) is 0.160. The van der Waals surface area contributed by atoms with Crippen molar-refractivity contribution in [1.82, 2.24) is 14.0 Å². The number of aromatic nitrogens is 1. The molecule has 1 aromatic carbocycles. The van der Waals surface area contributed by atoms with Gasteiger partial charge in [-0.15, -0.1) is 22.7 Å². The molecule has 0 aliphatic rings. The molecule has 1 amide bonds. The maximum absolute atomic E-state index is 13.3. The molecule has 4 rings (SSSR count). The molecule has 204 valence electrons. The quantitative estimate of drug-likeness (QED) is 0.196. The lowest BCUT2D eigenvalue weighted by atomic mass is 10.1. The Labute approximate surface area is 243 Å². The molecule has 0 unspecified atom stereocenters. The number of carbonyl (C=O) groups is 2. The number of hydrogen-bond acceptors (Lipinski definition) is 7. The smallest absolute Gasteiger partial charge is 0.322 e. The highest BCUT2D eigenvalue weighted by Gasteiger charge is 2.30. The van der Waals surface area contributed by atoms with Gasteiger partial charge in [0.15, 0.2) is 0 Å². The summed E-state index contributed by atoms with van der Waals surface area (Å²) in [6, 6.07) is 12.2. The molecule has 0 spiro atoms. The van der Waals surface area contributed by atoms with Gasteiger partial charge < -0.3 is 10.4 Å². The molecule has 0 aliphatic heterocycles. The number of hydrogen-bond donors (Lipinski definition) is 3. The highest BCUT2D eigenvalue weighted by Crippen LogP contribution is 2.24. The topological polar surface area (TPSA) is 129 Å². The van der Waals surface area contributed by atoms with Crippen molar-refractivity contribution >= 4 is 73.6 Å². The minimum absolute atomic E-state index is 0.0763. The molecule has 0 radical (unpaired) electrons. The largest absolute Gasteiger partial charge is 0.480 e. The summed E-state index contributed by atoms with van der Waals surface area (Å²) >= 11 is 14.9. The van der Waals surface area contributed by atoms with Crippen molar-refractivity contribution in [3.8, 4) is 0 Å². The summed E-state index contributed by atoms with van der Waals surface area (Å²) in [5.41, 5.74) is 1.04. The Morgan fingerprint density at radius 2 is 1.51 bits per heavy atom. The lowest BCUT2D eigenvalue weighted by Gasteiger charge is -2.24. The van der Waals surface area contributed by atoms with Gasteiger partial charge in [-0.2, -0.15) is 17.4 Å². The lowest BCUT2D eigenvalue weighted by molar-refractivity contribution is -0.138. The summed E-state index contributed by atoms with van der Waals surface area (Å²) in [5.74, 6) is -1.85. The van der Waals surface area contributed by atoms with Crippen LogP contribution in [0.5, 0.6) is 0 Å². The molecule has 39 heavy (non-hydrogen) atoms. The van der Waals surface area contributed by atoms with E-state index in [1.165, 1.54) is 39.4 Å². The standard InChI is InChI=1S/C25H22Cl2N4O5S3/c26-20-12-28-13-21(27)23(20)24(32)29-17-7-5-16(6-8-17)11-22(25(33)34)30-39(35,36)31(14-18-3-1-9-37-18)15-19-4-2-10-38-19/h1-10,12-13,22,30H,11,14-15H2,(H,29,32)(H,33,34)/t22-/m0/s1. The van der Waals surface area contributed by atoms with Crippen LogP contribution < -0.4 is 10.0 Å². The molecule has 14 heteroatoms. The Morgan fingerprint density at radius 3 is 2.00 bits per heavy atom. The van der Waals surface area contributed by atoms with Crippen molar-refractivity contribution in [2.45, 2.75) is 25.6 Å². The zero-order valence-corrected chi connectivity index (χ0v) is 24.0. The second-order valence-corrected chi connectivity index (χ2v) is 12.9. The van der Waals surface area contributed by atoms with Crippen LogP contribution in [-0.2, 0) is 34.5 Å². The van der Waals surface area contributed by atoms with Crippen molar-refractivity contribution in [2.75, 3.05) is 5.32 Å². The molecule has 0 fully saturated rings. The number of nitrogens with zero attached hydrogens (tertiary/aromatic N) is 2. The number of nitrogens with one attached hydrogen (secondary N) is 2. The van der Waals surface area contributed by atoms with E-state index in [2.05, 4.69) is 15.0 Å². The number of amides is 1. The van der Waals surface area contributed by atoms with Crippen molar-refractivity contribution in [3.05, 3.63) is 103 Å². The Morgan fingerprint density at radius 1 is 0.949 bits per heavy atom. The molecule has 3 aromatic heterocycles. The molecule has 9 nitrogen and oxygen atoms in total. The maximum atomic E-state index is 13.3. The molecule has 0 bridgehead atoms. The van der Waals surface area contributed by atoms with Crippen LogP contribution in [0.4, 0.5) is 5.69 Å². The molecule has 3 N–H and O–H groups in total. The Hall–Kier alpha value is -2.84. The Kier molecular flexibility index (Phi) is 9.72. The van der Waals surface area contributed by atoms with Gasteiger partial charge in [0.2, 0.25) is 0 Å². The van der Waals surface area contributed by atoms with E-state index in [0.29, 0.717) is 11.3 Å². The number of pyridine rings is 1. The highest BCUT2D eigenvalue weighted by molar-refractivity contribution is 7.87. The average molecular weight is 626 g/mol. The van der Waals surface area contributed by atoms with E-state index < -0.39 is 28.1 Å². The number of carbonyl (C=O) groups excluding carboxylic acids is 1. The SMILES string of the molecule is O=C(Nc1ccc(C[C@H](NS(=O)(=O)N(Cc2cccs2)Cc2cccs2)C(=O)O)cc1)c1c(Cl)cncc1Cl. The normalized spacial score (nSPS) is 12.4. The first-order chi connectivity index (χ1) is 18.6. The second-order valence-electron chi connectivity index (χ2n) is 8.27. The van der Waals surface area contributed by atoms with E-state index in [1.54, 1.807) is 24.3 Å². The van der Waals surface area contributed by atoms with Crippen LogP contribution in [0.15, 0.2) is 71.7 Å². The van der Waals surface area contributed by atoms with E-state index in [-0.39, 0.29) is 35.1 Å². The van der Waals surface area contributed by atoms with E-state index in [9.17, 15) is 23.1 Å². The molecular formula is C25H22Cl2N4O5S3. The number of halogens is 2. The van der Waals surface area contributed by atoms with Gasteiger partial charge in [-0.25, -0.2) is 0 Å². The second kappa shape index (κ2) is 13.0. The van der Waals surface area contributed by atoms with Gasteiger partial charge in [0.25, 0.3) is 16.1 Å². The Bertz CT molecular complexity index is 1470. The minimum atomic E-state index is -4.17. The van der Waals surface area contributed by atoms with Crippen LogP contribution in [0.25, 0.3) is 0 Å². The van der Waals surface area contributed by atoms with Crippen molar-refractivity contribution in [2.24, 2.45) is 0 Å². The fourth-order valence-corrected chi connectivity index (χ4v) is 7.04. The van der Waals surface area contributed by atoms with Gasteiger partial charge in [0.05, 0.1) is 15.6 Å². The number of anilines is 1. The van der Waals surface area contributed by atoms with Gasteiger partial charge in [-0.05, 0) is 47.0 Å². The van der Waals surface area contributed by atoms with Crippen molar-refractivity contribution < 1.29 is 23.1 Å². The number of benzene rings is 1. The molecule has 3 heterocycles. The third-order valence-electron chi connectivity index (χ3n) is 5.49. The van der Waals surface area contributed by atoms with Crippen LogP contribution in [-0.4, -0.2) is 40.7 Å². The summed E-state index contributed by atoms with van der Waals surface area (Å²) in [4.78, 5) is 30.1. The summed E-state index contributed by atoms with van der Waals surface area (Å²) in [7, 11) is -4.17. The maximum Gasteiger partial charge on any atom is 0.322 e. The van der Waals surface area contributed by atoms with Gasteiger partial charge in [-0.1, -0.05) is 47.5 Å². The summed E-state index contributed by atoms with van der Waals surface area (Å²) < 4.78 is 30.3. The predicted molar refractivity (Wildman–Crippen MR) is 154 cm³/mol. The predicted octanol–water partition coefficient (Wildman–Crippen LogP) is 5.30. The van der Waals surface area contributed by atoms with Crippen LogP contribution in [0, 0.1) is 0 Å². The van der Waals surface area contributed by atoms with Crippen molar-refractivity contribution in [3.63, 3.8) is 0 Å². The van der Waals surface area contributed by atoms with Gasteiger partial charge in [-0.3, -0.25) is 14.6 Å². The van der Waals surface area contributed by atoms with Crippen molar-refractivity contribution in [1.29, 1.82) is 0 Å². The summed E-state index contributed by atoms with van der Waals surface area (Å²) in [5, 5.41) is 16.4. The molecule has 1 atom stereocenters. The fourth-order valence-electron chi connectivity index (χ4n) is 3.59. The zero-order chi connectivity index (χ0) is 28.0. The van der Waals surface area contributed by atoms with E-state index in [1.807, 2.05) is 35.0 Å². The van der Waals surface area contributed by atoms with Crippen LogP contribution in [0.3, 0.4) is 0 Å². The van der Waals surface area contributed by atoms with Crippen LogP contribution in [0.2, 0.25) is 10.0 Å². The first-order valence-electron chi connectivity index (χ1n) is 11.4. The Balaban J connectivity index is 1.46. The number of thiophene rings is 2. The van der Waals surface area contributed by atoms with E-state index in [4.69, 9.17) is 23.2 Å². The monoisotopic (exact) mass is 624 g/mol. The third-order valence-corrected chi connectivity index (χ3v) is 9.30. The molecule has 0 saturated carbocycles. The van der Waals surface area contributed by atoms with Gasteiger partial charge >= 0.3 is 5.97 Å². The molecular weight excluding hydrogens is 603 g/mol. The molecule has 0 saturated heterocycles. The average Bonchev–Trinajstić information content (AvgIpc) is 3.59. The number of aliphatic carboxylic acids is 1. The van der Waals surface area contributed by atoms with Crippen LogP contribution in [0.1, 0.15) is 25.7 Å². The first kappa shape index (κ1) is 29.2. The number of carboxylic acids is 1. The molecule has 4 aromatic rings. The van der Waals surface area contributed by atoms with Crippen LogP contribution >= 0.6 is 45.9 Å². The third kappa shape index (κ3) is 7.85. The summed E-state index contributed by atoms with van der Waals surface area (Å²) in [6.45, 7) is 0.217. The molecule has 0 aliphatic carbocycles. The minimum Gasteiger partial charge on any atom is -0.480 e.